The molecule has 0 aliphatic carbocycles. The highest BCUT2D eigenvalue weighted by atomic mass is 16.4. The number of aromatic nitrogens is 6. The van der Waals surface area contributed by atoms with Crippen LogP contribution in [0, 0.1) is 0 Å². The molecule has 0 unspecified atom stereocenters. The van der Waals surface area contributed by atoms with Crippen LogP contribution in [0.3, 0.4) is 0 Å². The Balaban J connectivity index is 0.990. The first-order valence-corrected chi connectivity index (χ1v) is 20.8. The van der Waals surface area contributed by atoms with Crippen molar-refractivity contribution in [2.75, 3.05) is 0 Å². The topological polar surface area (TPSA) is 95.7 Å². The number of benzene rings is 9. The summed E-state index contributed by atoms with van der Waals surface area (Å²) in [6.07, 6.45) is 0. The Morgan fingerprint density at radius 1 is 0.333 bits per heavy atom. The monoisotopic (exact) mass is 808 g/mol. The first-order chi connectivity index (χ1) is 31.2. The van der Waals surface area contributed by atoms with Gasteiger partial charge >= 0.3 is 0 Å². The van der Waals surface area contributed by atoms with E-state index in [9.17, 15) is 0 Å². The first kappa shape index (κ1) is 35.0. The molecule has 0 saturated carbocycles. The van der Waals surface area contributed by atoms with Crippen molar-refractivity contribution in [3.05, 3.63) is 194 Å². The van der Waals surface area contributed by atoms with Gasteiger partial charge in [0, 0.05) is 44.3 Å². The lowest BCUT2D eigenvalue weighted by molar-refractivity contribution is 0.619. The minimum absolute atomic E-state index is 0.548. The summed E-state index contributed by atoms with van der Waals surface area (Å²) in [5.41, 5.74) is 10.8. The van der Waals surface area contributed by atoms with E-state index in [1.54, 1.807) is 0 Å². The number of para-hydroxylation sites is 5. The molecule has 13 aromatic rings. The number of oxazole rings is 2. The lowest BCUT2D eigenvalue weighted by Crippen LogP contribution is -2.00. The maximum Gasteiger partial charge on any atom is 0.227 e. The van der Waals surface area contributed by atoms with E-state index in [1.165, 1.54) is 21.5 Å². The molecule has 0 atom stereocenters. The Hall–Kier alpha value is -8.75. The van der Waals surface area contributed by atoms with Gasteiger partial charge in [-0.25, -0.2) is 24.9 Å². The summed E-state index contributed by atoms with van der Waals surface area (Å²) in [4.78, 5) is 24.9. The standard InChI is InChI=1S/C55H32N6O2/c1-2-11-40(12-3-1)61-45-30-28-33-10-4-5-13-41(33)49(45)50-42-32-39(27-18-34(42)29-31-46(50)61)53-59-51(35-19-23-37(24-20-35)54-56-43-14-6-8-16-47(43)62-54)58-52(60-53)36-21-25-38(26-22-36)55-57-44-15-7-9-17-48(44)63-55/h1-32H. The molecular formula is C55H32N6O2. The van der Waals surface area contributed by atoms with E-state index in [0.29, 0.717) is 29.3 Å². The fourth-order valence-electron chi connectivity index (χ4n) is 8.87. The third-order valence-electron chi connectivity index (χ3n) is 11.9. The van der Waals surface area contributed by atoms with Crippen molar-refractivity contribution in [2.24, 2.45) is 0 Å². The third kappa shape index (κ3) is 5.80. The molecule has 0 saturated heterocycles. The van der Waals surface area contributed by atoms with E-state index < -0.39 is 0 Å². The van der Waals surface area contributed by atoms with Gasteiger partial charge in [0.25, 0.3) is 0 Å². The molecule has 0 aliphatic heterocycles. The van der Waals surface area contributed by atoms with Crippen molar-refractivity contribution in [3.8, 4) is 62.8 Å². The molecular weight excluding hydrogens is 777 g/mol. The highest BCUT2D eigenvalue weighted by Crippen LogP contribution is 2.42. The van der Waals surface area contributed by atoms with Crippen LogP contribution < -0.4 is 0 Å². The average molecular weight is 809 g/mol. The van der Waals surface area contributed by atoms with Crippen molar-refractivity contribution in [1.29, 1.82) is 0 Å². The predicted octanol–water partition coefficient (Wildman–Crippen LogP) is 13.9. The molecule has 0 radical (unpaired) electrons. The summed E-state index contributed by atoms with van der Waals surface area (Å²) >= 11 is 0. The fourth-order valence-corrected chi connectivity index (χ4v) is 8.87. The molecule has 9 aromatic carbocycles. The molecule has 0 aliphatic rings. The van der Waals surface area contributed by atoms with E-state index >= 15 is 0 Å². The second-order valence-corrected chi connectivity index (χ2v) is 15.7. The van der Waals surface area contributed by atoms with Crippen LogP contribution in [0.25, 0.3) is 128 Å². The Morgan fingerprint density at radius 3 is 1.37 bits per heavy atom. The van der Waals surface area contributed by atoms with E-state index in [-0.39, 0.29) is 0 Å². The maximum atomic E-state index is 6.09. The van der Waals surface area contributed by atoms with Crippen LogP contribution in [-0.4, -0.2) is 29.5 Å². The molecule has 0 N–H and O–H groups in total. The molecule has 8 nitrogen and oxygen atoms in total. The highest BCUT2D eigenvalue weighted by Gasteiger charge is 2.20. The van der Waals surface area contributed by atoms with Crippen LogP contribution in [0.15, 0.2) is 203 Å². The van der Waals surface area contributed by atoms with Gasteiger partial charge in [-0.1, -0.05) is 115 Å². The second-order valence-electron chi connectivity index (χ2n) is 15.7. The van der Waals surface area contributed by atoms with Crippen LogP contribution in [0.4, 0.5) is 0 Å². The first-order valence-electron chi connectivity index (χ1n) is 20.8. The van der Waals surface area contributed by atoms with Crippen LogP contribution in [0.5, 0.6) is 0 Å². The lowest BCUT2D eigenvalue weighted by Gasteiger charge is -2.11. The summed E-state index contributed by atoms with van der Waals surface area (Å²) in [7, 11) is 0. The van der Waals surface area contributed by atoms with Gasteiger partial charge in [0.15, 0.2) is 28.6 Å². The molecule has 4 heterocycles. The predicted molar refractivity (Wildman–Crippen MR) is 251 cm³/mol. The quantitative estimate of drug-likeness (QED) is 0.165. The van der Waals surface area contributed by atoms with E-state index in [2.05, 4.69) is 102 Å². The van der Waals surface area contributed by atoms with Crippen LogP contribution in [0.1, 0.15) is 0 Å². The van der Waals surface area contributed by atoms with Gasteiger partial charge in [-0.3, -0.25) is 0 Å². The van der Waals surface area contributed by atoms with Crippen molar-refractivity contribution >= 4 is 65.6 Å². The Morgan fingerprint density at radius 2 is 0.778 bits per heavy atom. The van der Waals surface area contributed by atoms with Gasteiger partial charge in [0.05, 0.1) is 11.0 Å². The smallest absolute Gasteiger partial charge is 0.227 e. The van der Waals surface area contributed by atoms with Gasteiger partial charge in [0.1, 0.15) is 11.0 Å². The fraction of sp³-hybridized carbons (Fsp3) is 0. The second kappa shape index (κ2) is 13.9. The van der Waals surface area contributed by atoms with E-state index in [0.717, 1.165) is 77.5 Å². The molecule has 63 heavy (non-hydrogen) atoms. The van der Waals surface area contributed by atoms with Gasteiger partial charge in [-0.15, -0.1) is 0 Å². The lowest BCUT2D eigenvalue weighted by atomic mass is 9.98. The number of nitrogens with zero attached hydrogens (tertiary/aromatic N) is 6. The van der Waals surface area contributed by atoms with E-state index in [1.807, 2.05) is 97.1 Å². The zero-order valence-corrected chi connectivity index (χ0v) is 33.5. The van der Waals surface area contributed by atoms with Crippen LogP contribution >= 0.6 is 0 Å². The van der Waals surface area contributed by atoms with Crippen LogP contribution in [-0.2, 0) is 0 Å². The van der Waals surface area contributed by atoms with Gasteiger partial charge in [-0.2, -0.15) is 0 Å². The number of fused-ring (bicyclic) bond motifs is 9. The van der Waals surface area contributed by atoms with E-state index in [4.69, 9.17) is 33.8 Å². The number of hydrogen-bond acceptors (Lipinski definition) is 7. The Kier molecular flexibility index (Phi) is 7.74. The summed E-state index contributed by atoms with van der Waals surface area (Å²) in [6.45, 7) is 0. The van der Waals surface area contributed by atoms with Gasteiger partial charge < -0.3 is 13.4 Å². The SMILES string of the molecule is c1ccc(-n2c3ccc4ccccc4c3c3c4cc(-c5nc(-c6ccc(-c7nc8ccccc8o7)cc6)nc(-c6ccc(-c7nc8ccccc8o7)cc6)n5)ccc4ccc32)cc1. The third-order valence-corrected chi connectivity index (χ3v) is 11.9. The molecule has 4 aromatic heterocycles. The molecule has 13 rings (SSSR count). The Labute approximate surface area is 359 Å². The molecule has 8 heteroatoms. The molecule has 0 amide bonds. The molecule has 294 valence electrons. The normalized spacial score (nSPS) is 11.8. The molecule has 0 bridgehead atoms. The number of hydrogen-bond donors (Lipinski definition) is 0. The Bertz CT molecular complexity index is 3700. The zero-order chi connectivity index (χ0) is 41.4. The minimum atomic E-state index is 0.548. The molecule has 0 spiro atoms. The van der Waals surface area contributed by atoms with Gasteiger partial charge in [0.2, 0.25) is 11.8 Å². The van der Waals surface area contributed by atoms with Gasteiger partial charge in [-0.05, 0) is 100 Å². The summed E-state index contributed by atoms with van der Waals surface area (Å²) < 4.78 is 14.6. The summed E-state index contributed by atoms with van der Waals surface area (Å²) in [6, 6.07) is 66.3. The average Bonchev–Trinajstić information content (AvgIpc) is 4.09. The van der Waals surface area contributed by atoms with Crippen LogP contribution in [0.2, 0.25) is 0 Å². The van der Waals surface area contributed by atoms with Crippen molar-refractivity contribution in [1.82, 2.24) is 29.5 Å². The molecule has 0 fully saturated rings. The number of rotatable bonds is 6. The maximum absolute atomic E-state index is 6.09. The van der Waals surface area contributed by atoms with Crippen molar-refractivity contribution in [2.45, 2.75) is 0 Å². The summed E-state index contributed by atoms with van der Waals surface area (Å²) in [5.74, 6) is 2.78. The van der Waals surface area contributed by atoms with Crippen molar-refractivity contribution < 1.29 is 8.83 Å². The highest BCUT2D eigenvalue weighted by molar-refractivity contribution is 6.28. The minimum Gasteiger partial charge on any atom is -0.436 e. The zero-order valence-electron chi connectivity index (χ0n) is 33.5. The largest absolute Gasteiger partial charge is 0.436 e. The van der Waals surface area contributed by atoms with Crippen molar-refractivity contribution in [3.63, 3.8) is 0 Å². The summed E-state index contributed by atoms with van der Waals surface area (Å²) in [5, 5.41) is 7.05.